The number of carbonyl (C=O) groups is 1. The molecule has 0 aliphatic heterocycles. The maximum absolute atomic E-state index is 12.0. The van der Waals surface area contributed by atoms with E-state index in [1.807, 2.05) is 43.5 Å². The summed E-state index contributed by atoms with van der Waals surface area (Å²) in [6, 6.07) is 10.9. The number of benzene rings is 1. The minimum atomic E-state index is -0.237. The van der Waals surface area contributed by atoms with E-state index in [1.54, 1.807) is 23.5 Å². The lowest BCUT2D eigenvalue weighted by atomic mass is 10.3. The van der Waals surface area contributed by atoms with Crippen molar-refractivity contribution in [1.29, 1.82) is 0 Å². The highest BCUT2D eigenvalue weighted by atomic mass is 32.1. The molecule has 1 amide bonds. The monoisotopic (exact) mass is 372 g/mol. The van der Waals surface area contributed by atoms with Crippen LogP contribution in [0.25, 0.3) is 11.5 Å². The summed E-state index contributed by atoms with van der Waals surface area (Å²) < 4.78 is 16.7. The molecule has 2 aromatic heterocycles. The lowest BCUT2D eigenvalue weighted by Crippen LogP contribution is -2.28. The summed E-state index contributed by atoms with van der Waals surface area (Å²) in [7, 11) is 0. The number of aromatic nitrogens is 1. The minimum absolute atomic E-state index is 0.0943. The minimum Gasteiger partial charge on any atom is -0.490 e. The van der Waals surface area contributed by atoms with Crippen LogP contribution < -0.4 is 14.8 Å². The van der Waals surface area contributed by atoms with Gasteiger partial charge < -0.3 is 19.2 Å². The van der Waals surface area contributed by atoms with Gasteiger partial charge in [-0.05, 0) is 38.1 Å². The second kappa shape index (κ2) is 8.53. The maximum atomic E-state index is 12.0. The molecule has 0 bridgehead atoms. The zero-order valence-electron chi connectivity index (χ0n) is 14.7. The van der Waals surface area contributed by atoms with Gasteiger partial charge in [0.15, 0.2) is 23.9 Å². The number of carbonyl (C=O) groups excluding carboxylic acids is 1. The van der Waals surface area contributed by atoms with Crippen LogP contribution in [0, 0.1) is 6.92 Å². The van der Waals surface area contributed by atoms with Crippen LogP contribution in [0.2, 0.25) is 0 Å². The summed E-state index contributed by atoms with van der Waals surface area (Å²) in [5.74, 6) is 2.29. The van der Waals surface area contributed by atoms with Crippen LogP contribution in [0.1, 0.15) is 17.7 Å². The van der Waals surface area contributed by atoms with Gasteiger partial charge in [0.1, 0.15) is 11.5 Å². The summed E-state index contributed by atoms with van der Waals surface area (Å²) in [4.78, 5) is 16.4. The summed E-state index contributed by atoms with van der Waals surface area (Å²) in [5, 5.41) is 5.70. The van der Waals surface area contributed by atoms with Gasteiger partial charge in [-0.1, -0.05) is 12.1 Å². The van der Waals surface area contributed by atoms with Gasteiger partial charge in [0.05, 0.1) is 18.2 Å². The van der Waals surface area contributed by atoms with Gasteiger partial charge in [-0.15, -0.1) is 11.3 Å². The Bertz CT molecular complexity index is 872. The van der Waals surface area contributed by atoms with Crippen LogP contribution in [0.5, 0.6) is 11.5 Å². The number of para-hydroxylation sites is 2. The number of furan rings is 1. The highest BCUT2D eigenvalue weighted by Gasteiger charge is 2.10. The zero-order chi connectivity index (χ0) is 18.4. The van der Waals surface area contributed by atoms with Gasteiger partial charge in [-0.2, -0.15) is 0 Å². The number of nitrogens with zero attached hydrogens (tertiary/aromatic N) is 1. The van der Waals surface area contributed by atoms with Crippen molar-refractivity contribution in [2.24, 2.45) is 0 Å². The van der Waals surface area contributed by atoms with Crippen molar-refractivity contribution >= 4 is 17.2 Å². The van der Waals surface area contributed by atoms with Crippen molar-refractivity contribution in [2.75, 3.05) is 13.2 Å². The smallest absolute Gasteiger partial charge is 0.258 e. The molecule has 2 heterocycles. The Kier molecular flexibility index (Phi) is 5.91. The van der Waals surface area contributed by atoms with Crippen LogP contribution in [-0.4, -0.2) is 24.1 Å². The number of amides is 1. The fourth-order valence-electron chi connectivity index (χ4n) is 2.31. The Morgan fingerprint density at radius 1 is 1.19 bits per heavy atom. The Morgan fingerprint density at radius 2 is 1.96 bits per heavy atom. The average Bonchev–Trinajstić information content (AvgIpc) is 3.28. The lowest BCUT2D eigenvalue weighted by molar-refractivity contribution is -0.123. The molecule has 0 spiro atoms. The fraction of sp³-hybridized carbons (Fsp3) is 0.263. The maximum Gasteiger partial charge on any atom is 0.258 e. The van der Waals surface area contributed by atoms with Crippen LogP contribution in [0.15, 0.2) is 46.2 Å². The van der Waals surface area contributed by atoms with Gasteiger partial charge in [0.25, 0.3) is 5.91 Å². The van der Waals surface area contributed by atoms with Crippen LogP contribution in [-0.2, 0) is 11.3 Å². The van der Waals surface area contributed by atoms with Crippen molar-refractivity contribution in [2.45, 2.75) is 20.4 Å². The normalized spacial score (nSPS) is 10.5. The van der Waals surface area contributed by atoms with E-state index in [1.165, 1.54) is 0 Å². The number of ether oxygens (including phenoxy) is 2. The Hall–Kier alpha value is -2.80. The third-order valence-corrected chi connectivity index (χ3v) is 4.27. The van der Waals surface area contributed by atoms with E-state index in [2.05, 4.69) is 10.3 Å². The molecule has 7 heteroatoms. The highest BCUT2D eigenvalue weighted by molar-refractivity contribution is 7.09. The van der Waals surface area contributed by atoms with E-state index >= 15 is 0 Å². The Labute approximate surface area is 155 Å². The molecule has 0 radical (unpaired) electrons. The lowest BCUT2D eigenvalue weighted by Gasteiger charge is -2.11. The second-order valence-electron chi connectivity index (χ2n) is 5.46. The number of nitrogens with one attached hydrogen (secondary N) is 1. The van der Waals surface area contributed by atoms with Crippen molar-refractivity contribution < 1.29 is 18.7 Å². The van der Waals surface area contributed by atoms with E-state index in [-0.39, 0.29) is 12.5 Å². The summed E-state index contributed by atoms with van der Waals surface area (Å²) in [6.45, 7) is 4.57. The number of thiazole rings is 1. The summed E-state index contributed by atoms with van der Waals surface area (Å²) in [6.07, 6.45) is 0. The van der Waals surface area contributed by atoms with Crippen molar-refractivity contribution in [1.82, 2.24) is 10.3 Å². The molecule has 0 saturated carbocycles. The predicted molar refractivity (Wildman–Crippen MR) is 99.5 cm³/mol. The van der Waals surface area contributed by atoms with E-state index in [0.29, 0.717) is 36.2 Å². The van der Waals surface area contributed by atoms with Crippen LogP contribution in [0.4, 0.5) is 0 Å². The largest absolute Gasteiger partial charge is 0.490 e. The number of hydrogen-bond acceptors (Lipinski definition) is 6. The molecule has 3 rings (SSSR count). The first-order chi connectivity index (χ1) is 12.7. The molecule has 3 aromatic rings. The van der Waals surface area contributed by atoms with E-state index in [4.69, 9.17) is 13.9 Å². The van der Waals surface area contributed by atoms with Crippen molar-refractivity contribution in [3.8, 4) is 23.0 Å². The molecule has 0 aliphatic carbocycles. The Balaban J connectivity index is 1.50. The molecule has 26 heavy (non-hydrogen) atoms. The third kappa shape index (κ3) is 4.64. The molecule has 0 fully saturated rings. The summed E-state index contributed by atoms with van der Waals surface area (Å²) in [5.41, 5.74) is 0.806. The molecule has 0 aliphatic rings. The number of hydrogen-bond donors (Lipinski definition) is 1. The molecule has 1 aromatic carbocycles. The first-order valence-electron chi connectivity index (χ1n) is 8.28. The van der Waals surface area contributed by atoms with Gasteiger partial charge in [-0.25, -0.2) is 4.98 Å². The van der Waals surface area contributed by atoms with E-state index < -0.39 is 0 Å². The van der Waals surface area contributed by atoms with Crippen LogP contribution >= 0.6 is 11.3 Å². The van der Waals surface area contributed by atoms with Gasteiger partial charge in [0, 0.05) is 5.38 Å². The molecule has 0 atom stereocenters. The SMILES string of the molecule is CCOc1ccccc1OCC(=O)NCc1ccc(-c2csc(C)n2)o1. The molecule has 136 valence electrons. The fourth-order valence-corrected chi connectivity index (χ4v) is 2.91. The quantitative estimate of drug-likeness (QED) is 0.651. The molecule has 0 unspecified atom stereocenters. The number of rotatable bonds is 8. The first-order valence-corrected chi connectivity index (χ1v) is 9.16. The predicted octanol–water partition coefficient (Wildman–Crippen LogP) is 3.81. The second-order valence-corrected chi connectivity index (χ2v) is 6.53. The molecule has 0 saturated heterocycles. The highest BCUT2D eigenvalue weighted by Crippen LogP contribution is 2.26. The molecule has 1 N–H and O–H groups in total. The van der Waals surface area contributed by atoms with E-state index in [9.17, 15) is 4.79 Å². The molecular formula is C19H20N2O4S. The molecular weight excluding hydrogens is 352 g/mol. The number of aryl methyl sites for hydroxylation is 1. The van der Waals surface area contributed by atoms with Gasteiger partial charge in [-0.3, -0.25) is 4.79 Å². The van der Waals surface area contributed by atoms with Crippen LogP contribution in [0.3, 0.4) is 0 Å². The topological polar surface area (TPSA) is 73.6 Å². The van der Waals surface area contributed by atoms with E-state index in [0.717, 1.165) is 10.7 Å². The first kappa shape index (κ1) is 18.0. The summed E-state index contributed by atoms with van der Waals surface area (Å²) >= 11 is 1.57. The van der Waals surface area contributed by atoms with Crippen molar-refractivity contribution in [3.05, 3.63) is 52.5 Å². The Morgan fingerprint density at radius 3 is 2.65 bits per heavy atom. The average molecular weight is 372 g/mol. The zero-order valence-corrected chi connectivity index (χ0v) is 15.5. The third-order valence-electron chi connectivity index (χ3n) is 3.50. The molecule has 6 nitrogen and oxygen atoms in total. The van der Waals surface area contributed by atoms with Crippen molar-refractivity contribution in [3.63, 3.8) is 0 Å². The van der Waals surface area contributed by atoms with Gasteiger partial charge >= 0.3 is 0 Å². The standard InChI is InChI=1S/C19H20N2O4S/c1-3-23-17-6-4-5-7-18(17)24-11-19(22)20-10-14-8-9-16(25-14)15-12-26-13(2)21-15/h4-9,12H,3,10-11H2,1-2H3,(H,20,22). The van der Waals surface area contributed by atoms with Gasteiger partial charge in [0.2, 0.25) is 0 Å².